The van der Waals surface area contributed by atoms with Crippen molar-refractivity contribution in [1.29, 1.82) is 0 Å². The first-order valence-electron chi connectivity index (χ1n) is 4.33. The molecule has 2 aromatic rings. The maximum atomic E-state index is 10.5. The number of halogens is 1. The second-order valence-corrected chi connectivity index (χ2v) is 5.34. The number of nitro groups is 1. The Bertz CT molecular complexity index is 511. The van der Waals surface area contributed by atoms with Gasteiger partial charge in [-0.2, -0.15) is 0 Å². The summed E-state index contributed by atoms with van der Waals surface area (Å²) in [6, 6.07) is 3.16. The van der Waals surface area contributed by atoms with Crippen LogP contribution in [0, 0.1) is 10.1 Å². The molecule has 0 spiro atoms. The van der Waals surface area contributed by atoms with E-state index in [4.69, 9.17) is 11.6 Å². The summed E-state index contributed by atoms with van der Waals surface area (Å²) >= 11 is 8.11. The number of hydrogen-bond acceptors (Lipinski definition) is 6. The maximum absolute atomic E-state index is 10.5. The summed E-state index contributed by atoms with van der Waals surface area (Å²) in [7, 11) is 0. The Labute approximate surface area is 104 Å². The van der Waals surface area contributed by atoms with Crippen molar-refractivity contribution in [3.8, 4) is 9.88 Å². The number of nitrogens with zero attached hydrogens (tertiary/aromatic N) is 3. The van der Waals surface area contributed by atoms with Crippen molar-refractivity contribution in [2.45, 2.75) is 6.42 Å². The first-order valence-corrected chi connectivity index (χ1v) is 6.50. The molecule has 0 unspecified atom stereocenters. The number of thiophene rings is 1. The quantitative estimate of drug-likeness (QED) is 0.489. The summed E-state index contributed by atoms with van der Waals surface area (Å²) in [4.78, 5) is 10.9. The van der Waals surface area contributed by atoms with Crippen LogP contribution in [0.15, 0.2) is 12.1 Å². The molecule has 0 atom stereocenters. The van der Waals surface area contributed by atoms with Crippen molar-refractivity contribution in [3.05, 3.63) is 27.3 Å². The monoisotopic (exact) mass is 275 g/mol. The standard InChI is InChI=1S/C8H6ClN3O2S2/c9-4-3-6-10-11-8(16-6)5-1-2-7(15-5)12(13)14/h1-2H,3-4H2. The summed E-state index contributed by atoms with van der Waals surface area (Å²) in [5, 5.41) is 20.1. The number of aryl methyl sites for hydroxylation is 1. The molecule has 0 N–H and O–H groups in total. The van der Waals surface area contributed by atoms with Gasteiger partial charge >= 0.3 is 5.00 Å². The third-order valence-corrected chi connectivity index (χ3v) is 4.14. The van der Waals surface area contributed by atoms with Gasteiger partial charge in [-0.25, -0.2) is 0 Å². The lowest BCUT2D eigenvalue weighted by Crippen LogP contribution is -1.82. The van der Waals surface area contributed by atoms with Crippen LogP contribution in [-0.4, -0.2) is 21.0 Å². The van der Waals surface area contributed by atoms with Gasteiger partial charge in [-0.05, 0) is 6.07 Å². The molecule has 2 aromatic heterocycles. The Morgan fingerprint density at radius 2 is 2.19 bits per heavy atom. The minimum Gasteiger partial charge on any atom is -0.258 e. The lowest BCUT2D eigenvalue weighted by atomic mass is 10.5. The predicted octanol–water partition coefficient (Wildman–Crippen LogP) is 2.96. The molecule has 0 bridgehead atoms. The highest BCUT2D eigenvalue weighted by Gasteiger charge is 2.14. The number of aromatic nitrogens is 2. The van der Waals surface area contributed by atoms with Gasteiger partial charge in [-0.15, -0.1) is 21.8 Å². The van der Waals surface area contributed by atoms with E-state index in [1.54, 1.807) is 6.07 Å². The van der Waals surface area contributed by atoms with E-state index >= 15 is 0 Å². The second kappa shape index (κ2) is 4.86. The van der Waals surface area contributed by atoms with E-state index in [2.05, 4.69) is 10.2 Å². The van der Waals surface area contributed by atoms with Crippen molar-refractivity contribution in [2.24, 2.45) is 0 Å². The molecular formula is C8H6ClN3O2S2. The minimum absolute atomic E-state index is 0.115. The lowest BCUT2D eigenvalue weighted by Gasteiger charge is -1.85. The van der Waals surface area contributed by atoms with Crippen molar-refractivity contribution in [3.63, 3.8) is 0 Å². The maximum Gasteiger partial charge on any atom is 0.324 e. The average molecular weight is 276 g/mol. The summed E-state index contributed by atoms with van der Waals surface area (Å²) in [6.45, 7) is 0. The van der Waals surface area contributed by atoms with Gasteiger partial charge in [-0.1, -0.05) is 22.7 Å². The zero-order chi connectivity index (χ0) is 11.5. The van der Waals surface area contributed by atoms with Gasteiger partial charge in [0.05, 0.1) is 9.80 Å². The summed E-state index contributed by atoms with van der Waals surface area (Å²) in [5.41, 5.74) is 0. The fraction of sp³-hybridized carbons (Fsp3) is 0.250. The largest absolute Gasteiger partial charge is 0.324 e. The molecule has 0 saturated carbocycles. The summed E-state index contributed by atoms with van der Waals surface area (Å²) < 4.78 is 0. The number of alkyl halides is 1. The van der Waals surface area contributed by atoms with Crippen molar-refractivity contribution in [1.82, 2.24) is 10.2 Å². The molecule has 5 nitrogen and oxygen atoms in total. The smallest absolute Gasteiger partial charge is 0.258 e. The van der Waals surface area contributed by atoms with Crippen LogP contribution in [0.3, 0.4) is 0 Å². The van der Waals surface area contributed by atoms with Crippen molar-refractivity contribution < 1.29 is 4.92 Å². The Hall–Kier alpha value is -1.05. The molecule has 0 saturated heterocycles. The highest BCUT2D eigenvalue weighted by Crippen LogP contribution is 2.34. The molecule has 16 heavy (non-hydrogen) atoms. The van der Waals surface area contributed by atoms with Crippen LogP contribution in [0.1, 0.15) is 5.01 Å². The first-order chi connectivity index (χ1) is 7.70. The number of rotatable bonds is 4. The molecular weight excluding hydrogens is 270 g/mol. The van der Waals surface area contributed by atoms with E-state index < -0.39 is 4.92 Å². The van der Waals surface area contributed by atoms with Crippen molar-refractivity contribution in [2.75, 3.05) is 5.88 Å². The van der Waals surface area contributed by atoms with Crippen molar-refractivity contribution >= 4 is 39.3 Å². The molecule has 84 valence electrons. The van der Waals surface area contributed by atoms with Gasteiger partial charge in [-0.3, -0.25) is 10.1 Å². The zero-order valence-electron chi connectivity index (χ0n) is 7.92. The zero-order valence-corrected chi connectivity index (χ0v) is 10.3. The van der Waals surface area contributed by atoms with Gasteiger partial charge in [0.25, 0.3) is 0 Å². The highest BCUT2D eigenvalue weighted by molar-refractivity contribution is 7.23. The fourth-order valence-electron chi connectivity index (χ4n) is 1.08. The third-order valence-electron chi connectivity index (χ3n) is 1.76. The van der Waals surface area contributed by atoms with E-state index in [-0.39, 0.29) is 5.00 Å². The van der Waals surface area contributed by atoms with Gasteiger partial charge in [0.1, 0.15) is 5.01 Å². The van der Waals surface area contributed by atoms with Crippen LogP contribution in [0.4, 0.5) is 5.00 Å². The lowest BCUT2D eigenvalue weighted by molar-refractivity contribution is -0.380. The van der Waals surface area contributed by atoms with Gasteiger partial charge in [0, 0.05) is 18.4 Å². The topological polar surface area (TPSA) is 68.9 Å². The first kappa shape index (κ1) is 11.4. The molecule has 0 aliphatic rings. The Kier molecular flexibility index (Phi) is 3.47. The molecule has 8 heteroatoms. The van der Waals surface area contributed by atoms with E-state index in [9.17, 15) is 10.1 Å². The van der Waals surface area contributed by atoms with E-state index in [0.717, 1.165) is 21.2 Å². The Morgan fingerprint density at radius 1 is 1.38 bits per heavy atom. The van der Waals surface area contributed by atoms with Crippen LogP contribution in [-0.2, 0) is 6.42 Å². The fourth-order valence-corrected chi connectivity index (χ4v) is 3.08. The average Bonchev–Trinajstić information content (AvgIpc) is 2.84. The second-order valence-electron chi connectivity index (χ2n) is 2.83. The van der Waals surface area contributed by atoms with Crippen LogP contribution < -0.4 is 0 Å². The van der Waals surface area contributed by atoms with E-state index in [1.807, 2.05) is 0 Å². The number of hydrogen-bond donors (Lipinski definition) is 0. The van der Waals surface area contributed by atoms with Gasteiger partial charge in [0.2, 0.25) is 0 Å². The van der Waals surface area contributed by atoms with E-state index in [1.165, 1.54) is 17.4 Å². The molecule has 0 aliphatic heterocycles. The van der Waals surface area contributed by atoms with Crippen LogP contribution >= 0.6 is 34.3 Å². The molecule has 0 fully saturated rings. The predicted molar refractivity (Wildman–Crippen MR) is 64.3 cm³/mol. The van der Waals surface area contributed by atoms with E-state index in [0.29, 0.717) is 17.3 Å². The molecule has 2 heterocycles. The summed E-state index contributed by atoms with van der Waals surface area (Å²) in [6.07, 6.45) is 0.673. The molecule has 0 amide bonds. The summed E-state index contributed by atoms with van der Waals surface area (Å²) in [5.74, 6) is 0.499. The molecule has 0 aromatic carbocycles. The Balaban J connectivity index is 2.24. The van der Waals surface area contributed by atoms with Crippen LogP contribution in [0.25, 0.3) is 9.88 Å². The molecule has 2 rings (SSSR count). The minimum atomic E-state index is -0.408. The van der Waals surface area contributed by atoms with Gasteiger partial charge in [0.15, 0.2) is 5.01 Å². The van der Waals surface area contributed by atoms with Crippen LogP contribution in [0.5, 0.6) is 0 Å². The third kappa shape index (κ3) is 2.37. The molecule has 0 aliphatic carbocycles. The highest BCUT2D eigenvalue weighted by atomic mass is 35.5. The SMILES string of the molecule is O=[N+]([O-])c1ccc(-c2nnc(CCCl)s2)s1. The Morgan fingerprint density at radius 3 is 2.81 bits per heavy atom. The van der Waals surface area contributed by atoms with Gasteiger partial charge < -0.3 is 0 Å². The molecule has 0 radical (unpaired) electrons. The van der Waals surface area contributed by atoms with Crippen LogP contribution in [0.2, 0.25) is 0 Å². The normalized spacial score (nSPS) is 10.6.